The summed E-state index contributed by atoms with van der Waals surface area (Å²) in [6, 6.07) is 22.7. The first-order valence-corrected chi connectivity index (χ1v) is 13.1. The molecule has 1 N–H and O–H groups in total. The zero-order valence-corrected chi connectivity index (χ0v) is 23.0. The van der Waals surface area contributed by atoms with Gasteiger partial charge in [0, 0.05) is 23.5 Å². The molecule has 0 heterocycles. The average Bonchev–Trinajstić information content (AvgIpc) is 2.88. The van der Waals surface area contributed by atoms with Crippen LogP contribution in [0, 0.1) is 13.8 Å². The fourth-order valence-corrected chi connectivity index (χ4v) is 4.08. The molecule has 0 saturated heterocycles. The summed E-state index contributed by atoms with van der Waals surface area (Å²) in [6.07, 6.45) is 1.22. The number of amides is 2. The summed E-state index contributed by atoms with van der Waals surface area (Å²) in [5.74, 6) is 0.236. The highest BCUT2D eigenvalue weighted by molar-refractivity contribution is 9.10. The molecular weight excluding hydrogens is 516 g/mol. The normalized spacial score (nSPS) is 12.5. The Morgan fingerprint density at radius 3 is 2.28 bits per heavy atom. The summed E-state index contributed by atoms with van der Waals surface area (Å²) in [5, 5.41) is 3.09. The molecule has 2 amide bonds. The number of hydrogen-bond acceptors (Lipinski definition) is 3. The van der Waals surface area contributed by atoms with Crippen molar-refractivity contribution in [2.45, 2.75) is 59.2 Å². The summed E-state index contributed by atoms with van der Waals surface area (Å²) in [7, 11) is 0. The van der Waals surface area contributed by atoms with Crippen LogP contribution in [0.5, 0.6) is 5.75 Å². The molecule has 0 aliphatic carbocycles. The molecule has 0 aliphatic heterocycles. The van der Waals surface area contributed by atoms with Crippen LogP contribution >= 0.6 is 15.9 Å². The Labute approximate surface area is 223 Å². The molecule has 0 aromatic heterocycles. The lowest BCUT2D eigenvalue weighted by Gasteiger charge is -2.32. The number of hydrogen-bond donors (Lipinski definition) is 1. The Balaban J connectivity index is 1.90. The van der Waals surface area contributed by atoms with Gasteiger partial charge < -0.3 is 15.0 Å². The van der Waals surface area contributed by atoms with Crippen molar-refractivity contribution in [3.63, 3.8) is 0 Å². The second-order valence-electron chi connectivity index (χ2n) is 9.21. The quantitative estimate of drug-likeness (QED) is 0.318. The van der Waals surface area contributed by atoms with Gasteiger partial charge in [-0.1, -0.05) is 71.4 Å². The molecule has 2 atom stereocenters. The summed E-state index contributed by atoms with van der Waals surface area (Å²) in [5.41, 5.74) is 4.19. The van der Waals surface area contributed by atoms with E-state index in [9.17, 15) is 9.59 Å². The van der Waals surface area contributed by atoms with Crippen LogP contribution in [0.3, 0.4) is 0 Å². The SMILES string of the molecule is CCC(C)NC(=O)C(Cc1ccccc1)N(Cc1ccc(Br)cc1)C(=O)COc1ccc(C)c(C)c1. The van der Waals surface area contributed by atoms with Crippen molar-refractivity contribution in [3.05, 3.63) is 99.5 Å². The van der Waals surface area contributed by atoms with Crippen LogP contribution < -0.4 is 10.1 Å². The van der Waals surface area contributed by atoms with Crippen LogP contribution in [0.2, 0.25) is 0 Å². The molecule has 2 unspecified atom stereocenters. The number of aryl methyl sites for hydroxylation is 2. The van der Waals surface area contributed by atoms with Gasteiger partial charge in [-0.15, -0.1) is 0 Å². The van der Waals surface area contributed by atoms with Gasteiger partial charge in [-0.3, -0.25) is 9.59 Å². The molecule has 36 heavy (non-hydrogen) atoms. The lowest BCUT2D eigenvalue weighted by molar-refractivity contribution is -0.143. The number of ether oxygens (including phenoxy) is 1. The third-order valence-electron chi connectivity index (χ3n) is 6.38. The van der Waals surface area contributed by atoms with E-state index in [1.54, 1.807) is 4.90 Å². The van der Waals surface area contributed by atoms with Crippen LogP contribution in [0.1, 0.15) is 42.5 Å². The van der Waals surface area contributed by atoms with Crippen LogP contribution in [-0.4, -0.2) is 35.4 Å². The number of nitrogens with zero attached hydrogens (tertiary/aromatic N) is 1. The monoisotopic (exact) mass is 550 g/mol. The van der Waals surface area contributed by atoms with Gasteiger partial charge in [0.05, 0.1) is 0 Å². The topological polar surface area (TPSA) is 58.6 Å². The molecule has 0 radical (unpaired) electrons. The van der Waals surface area contributed by atoms with E-state index in [0.29, 0.717) is 18.7 Å². The predicted molar refractivity (Wildman–Crippen MR) is 148 cm³/mol. The number of carbonyl (C=O) groups excluding carboxylic acids is 2. The highest BCUT2D eigenvalue weighted by atomic mass is 79.9. The molecule has 0 saturated carbocycles. The van der Waals surface area contributed by atoms with E-state index in [1.807, 2.05) is 100 Å². The Hall–Kier alpha value is -3.12. The van der Waals surface area contributed by atoms with E-state index >= 15 is 0 Å². The van der Waals surface area contributed by atoms with Crippen molar-refractivity contribution in [3.8, 4) is 5.75 Å². The number of benzene rings is 3. The minimum atomic E-state index is -0.680. The number of rotatable bonds is 11. The average molecular weight is 552 g/mol. The van der Waals surface area contributed by atoms with Crippen molar-refractivity contribution >= 4 is 27.7 Å². The van der Waals surface area contributed by atoms with E-state index in [2.05, 4.69) is 21.2 Å². The molecule has 0 spiro atoms. The van der Waals surface area contributed by atoms with E-state index in [4.69, 9.17) is 4.74 Å². The Morgan fingerprint density at radius 2 is 1.64 bits per heavy atom. The molecule has 190 valence electrons. The molecule has 6 heteroatoms. The third kappa shape index (κ3) is 7.95. The van der Waals surface area contributed by atoms with Crippen molar-refractivity contribution < 1.29 is 14.3 Å². The highest BCUT2D eigenvalue weighted by Gasteiger charge is 2.31. The van der Waals surface area contributed by atoms with Gasteiger partial charge in [0.1, 0.15) is 11.8 Å². The molecule has 5 nitrogen and oxygen atoms in total. The fraction of sp³-hybridized carbons (Fsp3) is 0.333. The molecule has 0 fully saturated rings. The van der Waals surface area contributed by atoms with Gasteiger partial charge in [0.2, 0.25) is 5.91 Å². The van der Waals surface area contributed by atoms with Gasteiger partial charge in [-0.25, -0.2) is 0 Å². The minimum absolute atomic E-state index is 0.00666. The van der Waals surface area contributed by atoms with E-state index in [0.717, 1.165) is 33.1 Å². The summed E-state index contributed by atoms with van der Waals surface area (Å²) in [6.45, 7) is 8.20. The Bertz CT molecular complexity index is 1150. The lowest BCUT2D eigenvalue weighted by atomic mass is 10.0. The van der Waals surface area contributed by atoms with E-state index in [1.165, 1.54) is 0 Å². The van der Waals surface area contributed by atoms with E-state index < -0.39 is 6.04 Å². The first-order chi connectivity index (χ1) is 17.3. The smallest absolute Gasteiger partial charge is 0.261 e. The van der Waals surface area contributed by atoms with Crippen LogP contribution in [0.25, 0.3) is 0 Å². The molecule has 3 aromatic rings. The largest absolute Gasteiger partial charge is 0.484 e. The predicted octanol–water partition coefficient (Wildman–Crippen LogP) is 6.00. The molecule has 0 bridgehead atoms. The summed E-state index contributed by atoms with van der Waals surface area (Å²) < 4.78 is 6.85. The first-order valence-electron chi connectivity index (χ1n) is 12.3. The first kappa shape index (κ1) is 27.5. The molecule has 3 rings (SSSR count). The summed E-state index contributed by atoms with van der Waals surface area (Å²) in [4.78, 5) is 28.8. The standard InChI is InChI=1S/C30H35BrN2O3/c1-5-23(4)32-30(35)28(18-24-9-7-6-8-10-24)33(19-25-12-14-26(31)15-13-25)29(34)20-36-27-16-11-21(2)22(3)17-27/h6-17,23,28H,5,18-20H2,1-4H3,(H,32,35). The van der Waals surface area contributed by atoms with Crippen molar-refractivity contribution in [2.24, 2.45) is 0 Å². The van der Waals surface area contributed by atoms with E-state index in [-0.39, 0.29) is 24.5 Å². The zero-order chi connectivity index (χ0) is 26.1. The van der Waals surface area contributed by atoms with Gasteiger partial charge in [0.15, 0.2) is 6.61 Å². The fourth-order valence-electron chi connectivity index (χ4n) is 3.81. The third-order valence-corrected chi connectivity index (χ3v) is 6.91. The van der Waals surface area contributed by atoms with Crippen LogP contribution in [0.4, 0.5) is 0 Å². The Kier molecular flexibility index (Phi) is 10.1. The maximum Gasteiger partial charge on any atom is 0.261 e. The maximum absolute atomic E-state index is 13.6. The number of carbonyl (C=O) groups is 2. The highest BCUT2D eigenvalue weighted by Crippen LogP contribution is 2.19. The van der Waals surface area contributed by atoms with Gasteiger partial charge in [-0.05, 0) is 73.7 Å². The molecule has 3 aromatic carbocycles. The Morgan fingerprint density at radius 1 is 0.944 bits per heavy atom. The molecule has 0 aliphatic rings. The molecular formula is C30H35BrN2O3. The number of halogens is 1. The second-order valence-corrected chi connectivity index (χ2v) is 10.1. The van der Waals surface area contributed by atoms with Gasteiger partial charge >= 0.3 is 0 Å². The lowest BCUT2D eigenvalue weighted by Crippen LogP contribution is -2.53. The maximum atomic E-state index is 13.6. The number of nitrogens with one attached hydrogen (secondary N) is 1. The second kappa shape index (κ2) is 13.3. The van der Waals surface area contributed by atoms with Gasteiger partial charge in [0.25, 0.3) is 5.91 Å². The summed E-state index contributed by atoms with van der Waals surface area (Å²) >= 11 is 3.47. The van der Waals surface area contributed by atoms with Gasteiger partial charge in [-0.2, -0.15) is 0 Å². The van der Waals surface area contributed by atoms with Crippen LogP contribution in [-0.2, 0) is 22.6 Å². The van der Waals surface area contributed by atoms with Crippen molar-refractivity contribution in [1.82, 2.24) is 10.2 Å². The van der Waals surface area contributed by atoms with Crippen LogP contribution in [0.15, 0.2) is 77.3 Å². The van der Waals surface area contributed by atoms with Crippen molar-refractivity contribution in [2.75, 3.05) is 6.61 Å². The zero-order valence-electron chi connectivity index (χ0n) is 21.5. The van der Waals surface area contributed by atoms with Crippen molar-refractivity contribution in [1.29, 1.82) is 0 Å². The minimum Gasteiger partial charge on any atom is -0.484 e.